The van der Waals surface area contributed by atoms with Crippen molar-refractivity contribution in [1.82, 2.24) is 20.3 Å². The normalized spacial score (nSPS) is 15.1. The third-order valence-corrected chi connectivity index (χ3v) is 7.11. The van der Waals surface area contributed by atoms with Crippen molar-refractivity contribution in [2.24, 2.45) is 5.92 Å². The van der Waals surface area contributed by atoms with Gasteiger partial charge in [-0.2, -0.15) is 0 Å². The van der Waals surface area contributed by atoms with Crippen LogP contribution in [0.5, 0.6) is 0 Å². The number of nitrogens with one attached hydrogen (secondary N) is 1. The summed E-state index contributed by atoms with van der Waals surface area (Å²) in [6.07, 6.45) is 5.27. The van der Waals surface area contributed by atoms with E-state index in [1.165, 1.54) is 5.56 Å². The molecule has 4 rings (SSSR count). The molecule has 1 aromatic carbocycles. The van der Waals surface area contributed by atoms with Crippen LogP contribution in [-0.2, 0) is 11.3 Å². The Bertz CT molecular complexity index is 964. The predicted molar refractivity (Wildman–Crippen MR) is 115 cm³/mol. The number of carbonyl (C=O) groups is 1. The third-order valence-electron chi connectivity index (χ3n) is 5.08. The lowest BCUT2D eigenvalue weighted by Crippen LogP contribution is -2.40. The van der Waals surface area contributed by atoms with Crippen molar-refractivity contribution in [2.75, 3.05) is 24.2 Å². The molecule has 0 radical (unpaired) electrons. The first-order valence-electron chi connectivity index (χ1n) is 9.38. The fourth-order valence-corrected chi connectivity index (χ4v) is 4.96. The van der Waals surface area contributed by atoms with Crippen LogP contribution in [0.1, 0.15) is 24.0 Å². The van der Waals surface area contributed by atoms with E-state index in [0.717, 1.165) is 52.0 Å². The van der Waals surface area contributed by atoms with Gasteiger partial charge in [-0.05, 0) is 31.6 Å². The maximum absolute atomic E-state index is 12.6. The number of thioether (sulfide) groups is 1. The molecule has 0 saturated carbocycles. The number of hydrogen-bond donors (Lipinski definition) is 1. The first-order valence-corrected chi connectivity index (χ1v) is 11.4. The van der Waals surface area contributed by atoms with Gasteiger partial charge in [-0.25, -0.2) is 15.0 Å². The van der Waals surface area contributed by atoms with Gasteiger partial charge in [0.15, 0.2) is 15.8 Å². The Morgan fingerprint density at radius 3 is 2.71 bits per heavy atom. The number of thiazole rings is 1. The van der Waals surface area contributed by atoms with Crippen LogP contribution >= 0.6 is 23.1 Å². The van der Waals surface area contributed by atoms with Crippen molar-refractivity contribution in [3.63, 3.8) is 0 Å². The minimum atomic E-state index is 0.0576. The highest BCUT2D eigenvalue weighted by Gasteiger charge is 2.27. The van der Waals surface area contributed by atoms with Gasteiger partial charge in [0.2, 0.25) is 5.91 Å². The zero-order valence-electron chi connectivity index (χ0n) is 16.0. The lowest BCUT2D eigenvalue weighted by atomic mass is 9.96. The molecule has 0 unspecified atom stereocenters. The van der Waals surface area contributed by atoms with Crippen molar-refractivity contribution < 1.29 is 4.79 Å². The van der Waals surface area contributed by atoms with Gasteiger partial charge in [-0.15, -0.1) is 11.3 Å². The standard InChI is InChI=1S/C20H23N5OS2/c1-13-3-5-14(6-4-13)11-21-19(26)15-7-9-25(10-8-15)18-16-17(22-12-23-18)24-20(27-2)28-16/h3-6,12,15H,7-11H2,1-2H3,(H,21,26). The summed E-state index contributed by atoms with van der Waals surface area (Å²) >= 11 is 3.26. The number of aromatic nitrogens is 3. The third kappa shape index (κ3) is 4.12. The molecule has 1 fully saturated rings. The Morgan fingerprint density at radius 2 is 2.00 bits per heavy atom. The number of hydrogen-bond acceptors (Lipinski definition) is 7. The van der Waals surface area contributed by atoms with Crippen LogP contribution < -0.4 is 10.2 Å². The van der Waals surface area contributed by atoms with E-state index in [4.69, 9.17) is 0 Å². The lowest BCUT2D eigenvalue weighted by Gasteiger charge is -2.32. The molecule has 2 aromatic heterocycles. The Labute approximate surface area is 172 Å². The summed E-state index contributed by atoms with van der Waals surface area (Å²) in [6.45, 7) is 4.29. The van der Waals surface area contributed by atoms with Crippen molar-refractivity contribution in [1.29, 1.82) is 0 Å². The van der Waals surface area contributed by atoms with Crippen LogP contribution in [0, 0.1) is 12.8 Å². The zero-order chi connectivity index (χ0) is 19.5. The van der Waals surface area contributed by atoms with E-state index in [-0.39, 0.29) is 11.8 Å². The summed E-state index contributed by atoms with van der Waals surface area (Å²) in [5, 5.41) is 3.09. The van der Waals surface area contributed by atoms with E-state index in [9.17, 15) is 4.79 Å². The summed E-state index contributed by atoms with van der Waals surface area (Å²) in [5.74, 6) is 1.15. The maximum Gasteiger partial charge on any atom is 0.223 e. The van der Waals surface area contributed by atoms with E-state index in [2.05, 4.69) is 56.4 Å². The zero-order valence-corrected chi connectivity index (χ0v) is 17.6. The molecule has 28 heavy (non-hydrogen) atoms. The molecule has 0 aliphatic carbocycles. The Hall–Kier alpha value is -2.19. The fourth-order valence-electron chi connectivity index (χ4n) is 3.43. The first kappa shape index (κ1) is 19.1. The van der Waals surface area contributed by atoms with Gasteiger partial charge in [0.05, 0.1) is 0 Å². The molecule has 6 nitrogen and oxygen atoms in total. The topological polar surface area (TPSA) is 71.0 Å². The van der Waals surface area contributed by atoms with E-state index in [1.54, 1.807) is 29.4 Å². The second-order valence-electron chi connectivity index (χ2n) is 7.00. The molecule has 3 heterocycles. The average Bonchev–Trinajstić information content (AvgIpc) is 3.17. The molecule has 1 amide bonds. The highest BCUT2D eigenvalue weighted by atomic mass is 32.2. The van der Waals surface area contributed by atoms with Crippen LogP contribution in [0.2, 0.25) is 0 Å². The predicted octanol–water partition coefficient (Wildman–Crippen LogP) is 3.65. The molecule has 146 valence electrons. The SMILES string of the molecule is CSc1nc2ncnc(N3CCC(C(=O)NCc4ccc(C)cc4)CC3)c2s1. The Morgan fingerprint density at radius 1 is 1.25 bits per heavy atom. The number of amides is 1. The summed E-state index contributed by atoms with van der Waals surface area (Å²) < 4.78 is 2.04. The molecule has 8 heteroatoms. The van der Waals surface area contributed by atoms with Crippen LogP contribution in [0.15, 0.2) is 34.9 Å². The number of benzene rings is 1. The number of aryl methyl sites for hydroxylation is 1. The minimum Gasteiger partial charge on any atom is -0.355 e. The molecule has 1 aliphatic rings. The Kier molecular flexibility index (Phi) is 5.77. The highest BCUT2D eigenvalue weighted by Crippen LogP contribution is 2.34. The van der Waals surface area contributed by atoms with Gasteiger partial charge in [-0.3, -0.25) is 4.79 Å². The molecule has 1 N–H and O–H groups in total. The van der Waals surface area contributed by atoms with Gasteiger partial charge in [-0.1, -0.05) is 41.6 Å². The smallest absolute Gasteiger partial charge is 0.223 e. The number of nitrogens with zero attached hydrogens (tertiary/aromatic N) is 4. The van der Waals surface area contributed by atoms with Crippen LogP contribution in [0.4, 0.5) is 5.82 Å². The molecular formula is C20H23N5OS2. The molecule has 0 bridgehead atoms. The largest absolute Gasteiger partial charge is 0.355 e. The summed E-state index contributed by atoms with van der Waals surface area (Å²) in [4.78, 5) is 28.2. The average molecular weight is 414 g/mol. The van der Waals surface area contributed by atoms with Gasteiger partial charge in [0.1, 0.15) is 11.0 Å². The molecule has 1 aliphatic heterocycles. The molecule has 0 spiro atoms. The van der Waals surface area contributed by atoms with Crippen molar-refractivity contribution in [3.05, 3.63) is 41.7 Å². The monoisotopic (exact) mass is 413 g/mol. The molecule has 3 aromatic rings. The van der Waals surface area contributed by atoms with E-state index >= 15 is 0 Å². The lowest BCUT2D eigenvalue weighted by molar-refractivity contribution is -0.125. The van der Waals surface area contributed by atoms with E-state index in [0.29, 0.717) is 6.54 Å². The number of fused-ring (bicyclic) bond motifs is 1. The number of anilines is 1. The summed E-state index contributed by atoms with van der Waals surface area (Å²) in [5.41, 5.74) is 3.12. The number of carbonyl (C=O) groups excluding carboxylic acids is 1. The Balaban J connectivity index is 1.36. The molecule has 0 atom stereocenters. The number of rotatable bonds is 5. The molecular weight excluding hydrogens is 390 g/mol. The van der Waals surface area contributed by atoms with Gasteiger partial charge < -0.3 is 10.2 Å². The van der Waals surface area contributed by atoms with Gasteiger partial charge in [0, 0.05) is 25.6 Å². The van der Waals surface area contributed by atoms with Crippen LogP contribution in [0.3, 0.4) is 0 Å². The second-order valence-corrected chi connectivity index (χ2v) is 9.05. The van der Waals surface area contributed by atoms with Gasteiger partial charge >= 0.3 is 0 Å². The van der Waals surface area contributed by atoms with Crippen molar-refractivity contribution >= 4 is 45.2 Å². The minimum absolute atomic E-state index is 0.0576. The van der Waals surface area contributed by atoms with Crippen molar-refractivity contribution in [3.8, 4) is 0 Å². The quantitative estimate of drug-likeness (QED) is 0.644. The maximum atomic E-state index is 12.6. The van der Waals surface area contributed by atoms with E-state index in [1.807, 2.05) is 6.26 Å². The molecule has 1 saturated heterocycles. The number of piperidine rings is 1. The van der Waals surface area contributed by atoms with Crippen LogP contribution in [-0.4, -0.2) is 40.2 Å². The first-order chi connectivity index (χ1) is 13.6. The fraction of sp³-hybridized carbons (Fsp3) is 0.400. The van der Waals surface area contributed by atoms with E-state index < -0.39 is 0 Å². The van der Waals surface area contributed by atoms with Crippen molar-refractivity contribution in [2.45, 2.75) is 30.6 Å². The van der Waals surface area contributed by atoms with Crippen LogP contribution in [0.25, 0.3) is 10.3 Å². The second kappa shape index (κ2) is 8.45. The van der Waals surface area contributed by atoms with Gasteiger partial charge in [0.25, 0.3) is 0 Å². The highest BCUT2D eigenvalue weighted by molar-refractivity contribution is 8.00. The summed E-state index contributed by atoms with van der Waals surface area (Å²) in [7, 11) is 0. The summed E-state index contributed by atoms with van der Waals surface area (Å²) in [6, 6.07) is 8.28.